The first kappa shape index (κ1) is 33.9. The van der Waals surface area contributed by atoms with Crippen LogP contribution in [0, 0.1) is 12.1 Å². The molecular weight excluding hydrogens is 749 g/mol. The zero-order chi connectivity index (χ0) is 32.3. The number of benzene rings is 5. The molecule has 0 amide bonds. The SMILES string of the molecule is CC(C)(C)c1c[c-]c(-c2ccc(C(C)(C)C)cn2)cc1.[Ir].[c-]1cc2c(ccc3ccccc32)cc1-c1ccc(-c2ccccc2)cn1. The molecule has 0 fully saturated rings. The minimum absolute atomic E-state index is 0. The molecule has 0 spiro atoms. The molecule has 2 nitrogen and oxygen atoms in total. The van der Waals surface area contributed by atoms with Crippen LogP contribution in [0.2, 0.25) is 0 Å². The first-order valence-corrected chi connectivity index (χ1v) is 15.9. The van der Waals surface area contributed by atoms with Gasteiger partial charge >= 0.3 is 0 Å². The van der Waals surface area contributed by atoms with E-state index in [1.807, 2.05) is 30.6 Å². The molecule has 0 aliphatic rings. The molecule has 0 atom stereocenters. The van der Waals surface area contributed by atoms with E-state index in [0.717, 1.165) is 28.1 Å². The number of rotatable bonds is 3. The Kier molecular flexibility index (Phi) is 10.2. The third-order valence-electron chi connectivity index (χ3n) is 8.41. The van der Waals surface area contributed by atoms with Crippen molar-refractivity contribution in [1.29, 1.82) is 0 Å². The molecular formula is C44H40IrN2-2. The van der Waals surface area contributed by atoms with Crippen LogP contribution in [0.5, 0.6) is 0 Å². The first-order valence-electron chi connectivity index (χ1n) is 15.9. The monoisotopic (exact) mass is 789 g/mol. The van der Waals surface area contributed by atoms with Crippen LogP contribution in [-0.4, -0.2) is 9.97 Å². The van der Waals surface area contributed by atoms with Crippen LogP contribution in [0.15, 0.2) is 134 Å². The summed E-state index contributed by atoms with van der Waals surface area (Å²) in [6.07, 6.45) is 3.91. The van der Waals surface area contributed by atoms with Crippen molar-refractivity contribution in [3.63, 3.8) is 0 Å². The molecule has 0 aliphatic heterocycles. The number of pyridine rings is 2. The van der Waals surface area contributed by atoms with Crippen LogP contribution in [0.3, 0.4) is 0 Å². The Bertz CT molecular complexity index is 2010. The molecule has 0 saturated heterocycles. The molecule has 0 unspecified atom stereocenters. The van der Waals surface area contributed by atoms with Crippen LogP contribution in [0.1, 0.15) is 52.7 Å². The van der Waals surface area contributed by atoms with Crippen LogP contribution in [-0.2, 0) is 30.9 Å². The average Bonchev–Trinajstić information content (AvgIpc) is 3.08. The number of hydrogen-bond acceptors (Lipinski definition) is 2. The molecule has 1 radical (unpaired) electrons. The van der Waals surface area contributed by atoms with Gasteiger partial charge in [0, 0.05) is 32.5 Å². The van der Waals surface area contributed by atoms with Gasteiger partial charge in [0.05, 0.1) is 0 Å². The molecule has 2 aromatic heterocycles. The summed E-state index contributed by atoms with van der Waals surface area (Å²) >= 11 is 0. The summed E-state index contributed by atoms with van der Waals surface area (Å²) in [7, 11) is 0. The molecule has 0 bridgehead atoms. The summed E-state index contributed by atoms with van der Waals surface area (Å²) in [5, 5.41) is 4.96. The second kappa shape index (κ2) is 14.1. The minimum atomic E-state index is 0. The van der Waals surface area contributed by atoms with Gasteiger partial charge in [-0.25, -0.2) is 0 Å². The largest absolute Gasteiger partial charge is 0.304 e. The Hall–Kier alpha value is -4.43. The van der Waals surface area contributed by atoms with Crippen LogP contribution < -0.4 is 0 Å². The topological polar surface area (TPSA) is 25.8 Å². The Morgan fingerprint density at radius 1 is 0.468 bits per heavy atom. The predicted octanol–water partition coefficient (Wildman–Crippen LogP) is 11.7. The standard InChI is InChI=1S/C25H16N.C19H24N.Ir/c1-2-6-18(7-3-1)22-13-15-25(26-17-22)21-12-14-24-20(16-21)11-10-19-8-4-5-9-23(19)24;1-18(2,3)15-9-7-14(8-10-15)17-12-11-16(13-20-17)19(4,5)6;/h1-11,13-17H;7,9-13H,1-6H3;/q2*-1;. The van der Waals surface area contributed by atoms with Gasteiger partial charge in [-0.05, 0) is 44.3 Å². The van der Waals surface area contributed by atoms with Crippen molar-refractivity contribution in [3.8, 4) is 33.6 Å². The number of fused-ring (bicyclic) bond motifs is 3. The third kappa shape index (κ3) is 7.93. The fourth-order valence-corrected chi connectivity index (χ4v) is 5.50. The molecule has 0 aliphatic carbocycles. The van der Waals surface area contributed by atoms with E-state index >= 15 is 0 Å². The number of nitrogens with zero attached hydrogens (tertiary/aromatic N) is 2. The van der Waals surface area contributed by atoms with Gasteiger partial charge in [-0.2, -0.15) is 0 Å². The molecule has 5 aromatic carbocycles. The Labute approximate surface area is 293 Å². The fourth-order valence-electron chi connectivity index (χ4n) is 5.50. The van der Waals surface area contributed by atoms with Crippen molar-refractivity contribution in [1.82, 2.24) is 9.97 Å². The molecule has 2 heterocycles. The zero-order valence-electron chi connectivity index (χ0n) is 27.9. The van der Waals surface area contributed by atoms with E-state index < -0.39 is 0 Å². The van der Waals surface area contributed by atoms with E-state index in [0.29, 0.717) is 0 Å². The maximum atomic E-state index is 4.66. The normalized spacial score (nSPS) is 11.4. The van der Waals surface area contributed by atoms with Crippen molar-refractivity contribution < 1.29 is 20.1 Å². The first-order chi connectivity index (χ1) is 22.1. The Balaban J connectivity index is 0.000000188. The number of aromatic nitrogens is 2. The second-order valence-corrected chi connectivity index (χ2v) is 13.9. The van der Waals surface area contributed by atoms with Crippen LogP contribution in [0.25, 0.3) is 55.2 Å². The van der Waals surface area contributed by atoms with E-state index in [1.54, 1.807) is 0 Å². The fraction of sp³-hybridized carbons (Fsp3) is 0.182. The summed E-state index contributed by atoms with van der Waals surface area (Å²) in [5.41, 5.74) is 9.18. The Morgan fingerprint density at radius 2 is 1.09 bits per heavy atom. The maximum Gasteiger partial charge on any atom is 0.0239 e. The van der Waals surface area contributed by atoms with Gasteiger partial charge in [0.1, 0.15) is 0 Å². The van der Waals surface area contributed by atoms with Gasteiger partial charge in [-0.15, -0.1) is 64.5 Å². The van der Waals surface area contributed by atoms with Crippen molar-refractivity contribution in [2.24, 2.45) is 0 Å². The molecule has 47 heavy (non-hydrogen) atoms. The van der Waals surface area contributed by atoms with Gasteiger partial charge in [-0.3, -0.25) is 0 Å². The van der Waals surface area contributed by atoms with E-state index in [2.05, 4.69) is 167 Å². The molecule has 3 heteroatoms. The van der Waals surface area contributed by atoms with Gasteiger partial charge in [0.25, 0.3) is 0 Å². The van der Waals surface area contributed by atoms with Crippen molar-refractivity contribution in [2.75, 3.05) is 0 Å². The summed E-state index contributed by atoms with van der Waals surface area (Å²) in [6, 6.07) is 49.0. The van der Waals surface area contributed by atoms with Crippen molar-refractivity contribution in [2.45, 2.75) is 52.4 Å². The summed E-state index contributed by atoms with van der Waals surface area (Å²) in [4.78, 5) is 9.24. The van der Waals surface area contributed by atoms with Gasteiger partial charge in [-0.1, -0.05) is 143 Å². The third-order valence-corrected chi connectivity index (χ3v) is 8.41. The van der Waals surface area contributed by atoms with E-state index in [-0.39, 0.29) is 30.9 Å². The van der Waals surface area contributed by atoms with Crippen LogP contribution >= 0.6 is 0 Å². The summed E-state index contributed by atoms with van der Waals surface area (Å²) in [6.45, 7) is 13.3. The summed E-state index contributed by atoms with van der Waals surface area (Å²) < 4.78 is 0. The van der Waals surface area contributed by atoms with Gasteiger partial charge in [0.2, 0.25) is 0 Å². The van der Waals surface area contributed by atoms with E-state index in [9.17, 15) is 0 Å². The second-order valence-electron chi connectivity index (χ2n) is 13.9. The van der Waals surface area contributed by atoms with Crippen molar-refractivity contribution >= 4 is 21.5 Å². The molecule has 0 N–H and O–H groups in total. The van der Waals surface area contributed by atoms with E-state index in [4.69, 9.17) is 0 Å². The molecule has 237 valence electrons. The molecule has 7 rings (SSSR count). The Morgan fingerprint density at radius 3 is 1.72 bits per heavy atom. The number of hydrogen-bond donors (Lipinski definition) is 0. The molecule has 0 saturated carbocycles. The van der Waals surface area contributed by atoms with Crippen molar-refractivity contribution in [3.05, 3.63) is 157 Å². The van der Waals surface area contributed by atoms with Gasteiger partial charge < -0.3 is 9.97 Å². The average molecular weight is 789 g/mol. The smallest absolute Gasteiger partial charge is 0.0239 e. The summed E-state index contributed by atoms with van der Waals surface area (Å²) in [5.74, 6) is 0. The molecule has 7 aromatic rings. The predicted molar refractivity (Wildman–Crippen MR) is 195 cm³/mol. The van der Waals surface area contributed by atoms with Crippen LogP contribution in [0.4, 0.5) is 0 Å². The quantitative estimate of drug-likeness (QED) is 0.132. The van der Waals surface area contributed by atoms with E-state index in [1.165, 1.54) is 38.2 Å². The zero-order valence-corrected chi connectivity index (χ0v) is 30.3. The maximum absolute atomic E-state index is 4.66. The van der Waals surface area contributed by atoms with Gasteiger partial charge in [0.15, 0.2) is 0 Å². The minimum Gasteiger partial charge on any atom is -0.304 e.